The Morgan fingerprint density at radius 3 is 1.29 bits per heavy atom. The first-order valence-electron chi connectivity index (χ1n) is 2.94. The minimum atomic E-state index is -5.08. The van der Waals surface area contributed by atoms with Gasteiger partial charge in [0.2, 0.25) is 11.8 Å². The fourth-order valence-corrected chi connectivity index (χ4v) is 0.172. The van der Waals surface area contributed by atoms with Crippen LogP contribution < -0.4 is 11.5 Å². The molecule has 0 bridgehead atoms. The van der Waals surface area contributed by atoms with E-state index in [0.29, 0.717) is 0 Å². The summed E-state index contributed by atoms with van der Waals surface area (Å²) in [7, 11) is 0. The van der Waals surface area contributed by atoms with Crippen LogP contribution in [0.4, 0.5) is 13.2 Å². The van der Waals surface area contributed by atoms with Gasteiger partial charge >= 0.3 is 12.1 Å². The van der Waals surface area contributed by atoms with E-state index in [0.717, 1.165) is 0 Å². The first-order valence-corrected chi connectivity index (χ1v) is 2.94. The van der Waals surface area contributed by atoms with Gasteiger partial charge in [-0.3, -0.25) is 9.59 Å². The second-order valence-corrected chi connectivity index (χ2v) is 1.91. The number of carboxylic acids is 1. The lowest BCUT2D eigenvalue weighted by Crippen LogP contribution is -2.21. The molecular formula is C5H7F3N2O4. The van der Waals surface area contributed by atoms with Crippen LogP contribution in [0, 0.1) is 0 Å². The van der Waals surface area contributed by atoms with Crippen molar-refractivity contribution in [1.82, 2.24) is 0 Å². The van der Waals surface area contributed by atoms with Gasteiger partial charge in [-0.2, -0.15) is 13.2 Å². The summed E-state index contributed by atoms with van der Waals surface area (Å²) in [6.45, 7) is 0. The Morgan fingerprint density at radius 2 is 1.29 bits per heavy atom. The normalized spacial score (nSPS) is 9.64. The third-order valence-electron chi connectivity index (χ3n) is 0.591. The van der Waals surface area contributed by atoms with Crippen LogP contribution in [-0.4, -0.2) is 29.1 Å². The predicted octanol–water partition coefficient (Wildman–Crippen LogP) is -1.02. The van der Waals surface area contributed by atoms with E-state index in [9.17, 15) is 22.8 Å². The number of carbonyl (C=O) groups excluding carboxylic acids is 2. The van der Waals surface area contributed by atoms with Crippen molar-refractivity contribution in [2.45, 2.75) is 12.6 Å². The highest BCUT2D eigenvalue weighted by molar-refractivity contribution is 5.95. The zero-order valence-electron chi connectivity index (χ0n) is 6.67. The smallest absolute Gasteiger partial charge is 0.475 e. The molecule has 0 fully saturated rings. The van der Waals surface area contributed by atoms with Crippen LogP contribution in [0.25, 0.3) is 0 Å². The number of carboxylic acid groups (broad SMARTS) is 1. The van der Waals surface area contributed by atoms with Crippen molar-refractivity contribution in [2.75, 3.05) is 0 Å². The van der Waals surface area contributed by atoms with Gasteiger partial charge in [-0.05, 0) is 0 Å². The minimum Gasteiger partial charge on any atom is -0.475 e. The molecule has 2 amide bonds. The Balaban J connectivity index is 0. The van der Waals surface area contributed by atoms with Gasteiger partial charge in [-0.1, -0.05) is 0 Å². The van der Waals surface area contributed by atoms with E-state index in [1.54, 1.807) is 0 Å². The van der Waals surface area contributed by atoms with Crippen molar-refractivity contribution in [2.24, 2.45) is 11.5 Å². The van der Waals surface area contributed by atoms with Crippen molar-refractivity contribution in [3.05, 3.63) is 0 Å². The van der Waals surface area contributed by atoms with Gasteiger partial charge in [-0.25, -0.2) is 4.79 Å². The Bertz CT molecular complexity index is 226. The number of alkyl halides is 3. The van der Waals surface area contributed by atoms with E-state index < -0.39 is 24.0 Å². The number of aliphatic carboxylic acids is 1. The monoisotopic (exact) mass is 216 g/mol. The number of rotatable bonds is 2. The maximum absolute atomic E-state index is 10.6. The third-order valence-corrected chi connectivity index (χ3v) is 0.591. The molecule has 0 saturated carbocycles. The number of halogens is 3. The topological polar surface area (TPSA) is 123 Å². The molecule has 0 aliphatic heterocycles. The zero-order chi connectivity index (χ0) is 11.9. The van der Waals surface area contributed by atoms with Gasteiger partial charge in [0.15, 0.2) is 0 Å². The molecule has 9 heteroatoms. The number of hydrogen-bond acceptors (Lipinski definition) is 3. The van der Waals surface area contributed by atoms with Crippen LogP contribution >= 0.6 is 0 Å². The van der Waals surface area contributed by atoms with Gasteiger partial charge in [0.05, 0.1) is 0 Å². The van der Waals surface area contributed by atoms with Gasteiger partial charge in [0, 0.05) is 0 Å². The summed E-state index contributed by atoms with van der Waals surface area (Å²) >= 11 is 0. The highest BCUT2D eigenvalue weighted by Crippen LogP contribution is 2.13. The largest absolute Gasteiger partial charge is 0.490 e. The predicted molar refractivity (Wildman–Crippen MR) is 36.7 cm³/mol. The van der Waals surface area contributed by atoms with E-state index in [1.165, 1.54) is 0 Å². The molecule has 0 aromatic rings. The molecule has 0 heterocycles. The Hall–Kier alpha value is -1.80. The Labute approximate surface area is 75.7 Å². The Morgan fingerprint density at radius 1 is 1.07 bits per heavy atom. The lowest BCUT2D eigenvalue weighted by molar-refractivity contribution is -0.192. The summed E-state index contributed by atoms with van der Waals surface area (Å²) in [4.78, 5) is 28.4. The minimum absolute atomic E-state index is 0.361. The first kappa shape index (κ1) is 14.7. The number of primary amides is 2. The molecule has 0 atom stereocenters. The fraction of sp³-hybridized carbons (Fsp3) is 0.400. The van der Waals surface area contributed by atoms with Gasteiger partial charge in [0.1, 0.15) is 6.42 Å². The maximum Gasteiger partial charge on any atom is 0.490 e. The van der Waals surface area contributed by atoms with E-state index in [2.05, 4.69) is 11.5 Å². The quantitative estimate of drug-likeness (QED) is 0.511. The standard InChI is InChI=1S/C3H6N2O2.C2HF3O2/c4-2(6)1-3(5)7;3-2(4,5)1(6)7/h1H2,(H2,4,6)(H2,5,7);(H,6,7). The molecule has 0 rings (SSSR count). The van der Waals surface area contributed by atoms with Crippen molar-refractivity contribution in [3.8, 4) is 0 Å². The van der Waals surface area contributed by atoms with Crippen LogP contribution in [0.15, 0.2) is 0 Å². The molecule has 0 aliphatic carbocycles. The molecule has 5 N–H and O–H groups in total. The lowest BCUT2D eigenvalue weighted by Gasteiger charge is -1.93. The summed E-state index contributed by atoms with van der Waals surface area (Å²) in [5.41, 5.74) is 9.11. The Kier molecular flexibility index (Phi) is 6.07. The summed E-state index contributed by atoms with van der Waals surface area (Å²) in [6.07, 6.45) is -5.44. The second-order valence-electron chi connectivity index (χ2n) is 1.91. The van der Waals surface area contributed by atoms with Gasteiger partial charge in [-0.15, -0.1) is 0 Å². The molecule has 0 saturated heterocycles. The average Bonchev–Trinajstić information content (AvgIpc) is 1.81. The van der Waals surface area contributed by atoms with Crippen LogP contribution in [-0.2, 0) is 14.4 Å². The van der Waals surface area contributed by atoms with Crippen LogP contribution in [0.5, 0.6) is 0 Å². The van der Waals surface area contributed by atoms with Gasteiger partial charge < -0.3 is 16.6 Å². The molecule has 14 heavy (non-hydrogen) atoms. The SMILES string of the molecule is NC(=O)CC(N)=O.O=C(O)C(F)(F)F. The van der Waals surface area contributed by atoms with Crippen molar-refractivity contribution >= 4 is 17.8 Å². The van der Waals surface area contributed by atoms with E-state index in [-0.39, 0.29) is 6.42 Å². The molecule has 0 spiro atoms. The van der Waals surface area contributed by atoms with E-state index >= 15 is 0 Å². The van der Waals surface area contributed by atoms with Crippen molar-refractivity contribution in [1.29, 1.82) is 0 Å². The molecule has 0 aromatic heterocycles. The number of nitrogens with two attached hydrogens (primary N) is 2. The first-order chi connectivity index (χ1) is 6.07. The number of hydrogen-bond donors (Lipinski definition) is 3. The van der Waals surface area contributed by atoms with Crippen LogP contribution in [0.2, 0.25) is 0 Å². The summed E-state index contributed by atoms with van der Waals surface area (Å²) in [6, 6.07) is 0. The highest BCUT2D eigenvalue weighted by atomic mass is 19.4. The van der Waals surface area contributed by atoms with E-state index in [4.69, 9.17) is 9.90 Å². The number of carbonyl (C=O) groups is 3. The molecule has 82 valence electrons. The van der Waals surface area contributed by atoms with Crippen molar-refractivity contribution < 1.29 is 32.7 Å². The summed E-state index contributed by atoms with van der Waals surface area (Å²) in [5.74, 6) is -4.13. The molecular weight excluding hydrogens is 209 g/mol. The third kappa shape index (κ3) is 12.8. The van der Waals surface area contributed by atoms with Gasteiger partial charge in [0.25, 0.3) is 0 Å². The fourth-order valence-electron chi connectivity index (χ4n) is 0.172. The molecule has 0 radical (unpaired) electrons. The van der Waals surface area contributed by atoms with E-state index in [1.807, 2.05) is 0 Å². The summed E-state index contributed by atoms with van der Waals surface area (Å²) < 4.78 is 31.7. The average molecular weight is 216 g/mol. The maximum atomic E-state index is 10.6. The van der Waals surface area contributed by atoms with Crippen LogP contribution in [0.3, 0.4) is 0 Å². The summed E-state index contributed by atoms with van der Waals surface area (Å²) in [5, 5.41) is 7.12. The molecule has 0 unspecified atom stereocenters. The lowest BCUT2D eigenvalue weighted by atomic mass is 10.4. The molecule has 0 aliphatic rings. The van der Waals surface area contributed by atoms with Crippen LogP contribution in [0.1, 0.15) is 6.42 Å². The molecule has 6 nitrogen and oxygen atoms in total. The number of amides is 2. The molecule has 0 aromatic carbocycles. The zero-order valence-corrected chi connectivity index (χ0v) is 6.67. The highest BCUT2D eigenvalue weighted by Gasteiger charge is 2.38. The second kappa shape index (κ2) is 5.78. The van der Waals surface area contributed by atoms with Crippen molar-refractivity contribution in [3.63, 3.8) is 0 Å².